The molecule has 0 spiro atoms. The van der Waals surface area contributed by atoms with Crippen LogP contribution in [-0.2, 0) is 0 Å². The van der Waals surface area contributed by atoms with Crippen molar-refractivity contribution in [1.29, 1.82) is 0 Å². The molecule has 64 valence electrons. The fourth-order valence-electron chi connectivity index (χ4n) is 1.54. The van der Waals surface area contributed by atoms with Crippen molar-refractivity contribution in [2.45, 2.75) is 19.3 Å². The molecular formula is C9H16FN. The maximum Gasteiger partial charge on any atom is 0.0960 e. The molecule has 1 atom stereocenters. The predicted molar refractivity (Wildman–Crippen MR) is 45.1 cm³/mol. The third kappa shape index (κ3) is 3.02. The van der Waals surface area contributed by atoms with Crippen LogP contribution in [0.25, 0.3) is 0 Å². The smallest absolute Gasteiger partial charge is 0.0960 e. The fraction of sp³-hybridized carbons (Fsp3) is 0.778. The second kappa shape index (κ2) is 3.86. The molecule has 0 N–H and O–H groups in total. The molecule has 0 saturated heterocycles. The van der Waals surface area contributed by atoms with Gasteiger partial charge in [0.2, 0.25) is 0 Å². The van der Waals surface area contributed by atoms with Crippen LogP contribution < -0.4 is 0 Å². The van der Waals surface area contributed by atoms with Crippen molar-refractivity contribution in [3.8, 4) is 0 Å². The van der Waals surface area contributed by atoms with Crippen LogP contribution in [-0.4, -0.2) is 25.5 Å². The van der Waals surface area contributed by atoms with Crippen molar-refractivity contribution in [1.82, 2.24) is 4.90 Å². The summed E-state index contributed by atoms with van der Waals surface area (Å²) in [5.74, 6) is 0.754. The summed E-state index contributed by atoms with van der Waals surface area (Å²) < 4.78 is 12.5. The van der Waals surface area contributed by atoms with Gasteiger partial charge in [-0.1, -0.05) is 6.08 Å². The molecule has 0 saturated carbocycles. The minimum Gasteiger partial charge on any atom is -0.309 e. The highest BCUT2D eigenvalue weighted by Crippen LogP contribution is 2.24. The first kappa shape index (κ1) is 8.72. The molecule has 0 radical (unpaired) electrons. The van der Waals surface area contributed by atoms with Gasteiger partial charge in [0.1, 0.15) is 0 Å². The number of nitrogens with zero attached hydrogens (tertiary/aromatic N) is 1. The molecule has 1 rings (SSSR count). The Kier molecular flexibility index (Phi) is 3.06. The molecule has 2 heteroatoms. The van der Waals surface area contributed by atoms with E-state index in [1.54, 1.807) is 6.08 Å². The Hall–Kier alpha value is -0.370. The molecular weight excluding hydrogens is 141 g/mol. The van der Waals surface area contributed by atoms with Crippen LogP contribution in [0, 0.1) is 5.92 Å². The summed E-state index contributed by atoms with van der Waals surface area (Å²) in [7, 11) is 4.13. The van der Waals surface area contributed by atoms with Crippen LogP contribution in [0.5, 0.6) is 0 Å². The maximum atomic E-state index is 12.5. The van der Waals surface area contributed by atoms with Crippen LogP contribution in [0.4, 0.5) is 4.39 Å². The fourth-order valence-corrected chi connectivity index (χ4v) is 1.54. The first-order valence-electron chi connectivity index (χ1n) is 4.17. The zero-order valence-electron chi connectivity index (χ0n) is 7.31. The first-order valence-corrected chi connectivity index (χ1v) is 4.17. The lowest BCUT2D eigenvalue weighted by atomic mass is 9.93. The summed E-state index contributed by atoms with van der Waals surface area (Å²) in [6.45, 7) is 1.09. The second-order valence-corrected chi connectivity index (χ2v) is 3.55. The average Bonchev–Trinajstić information content (AvgIpc) is 1.93. The minimum absolute atomic E-state index is 0.0833. The Morgan fingerprint density at radius 2 is 2.36 bits per heavy atom. The lowest BCUT2D eigenvalue weighted by Crippen LogP contribution is -2.22. The van der Waals surface area contributed by atoms with Gasteiger partial charge in [0.15, 0.2) is 0 Å². The highest BCUT2D eigenvalue weighted by Gasteiger charge is 2.14. The summed E-state index contributed by atoms with van der Waals surface area (Å²) in [4.78, 5) is 2.17. The number of allylic oxidation sites excluding steroid dienone is 2. The Morgan fingerprint density at radius 3 is 2.82 bits per heavy atom. The summed E-state index contributed by atoms with van der Waals surface area (Å²) in [6.07, 6.45) is 4.32. The van der Waals surface area contributed by atoms with Crippen LogP contribution in [0.2, 0.25) is 0 Å². The third-order valence-corrected chi connectivity index (χ3v) is 2.09. The number of halogens is 1. The van der Waals surface area contributed by atoms with Crippen LogP contribution in [0.15, 0.2) is 11.9 Å². The minimum atomic E-state index is 0.0833. The van der Waals surface area contributed by atoms with Gasteiger partial charge in [-0.3, -0.25) is 0 Å². The van der Waals surface area contributed by atoms with Crippen molar-refractivity contribution in [3.05, 3.63) is 11.9 Å². The monoisotopic (exact) mass is 157 g/mol. The van der Waals surface area contributed by atoms with Crippen molar-refractivity contribution in [2.24, 2.45) is 5.92 Å². The largest absolute Gasteiger partial charge is 0.309 e. The van der Waals surface area contributed by atoms with Gasteiger partial charge in [0.05, 0.1) is 5.83 Å². The van der Waals surface area contributed by atoms with Crippen molar-refractivity contribution < 1.29 is 4.39 Å². The van der Waals surface area contributed by atoms with E-state index in [-0.39, 0.29) is 5.83 Å². The summed E-state index contributed by atoms with van der Waals surface area (Å²) in [5.41, 5.74) is 0. The normalized spacial score (nSPS) is 25.5. The van der Waals surface area contributed by atoms with E-state index in [0.717, 1.165) is 19.4 Å². The highest BCUT2D eigenvalue weighted by molar-refractivity contribution is 4.97. The molecule has 0 aromatic carbocycles. The van der Waals surface area contributed by atoms with Crippen molar-refractivity contribution in [2.75, 3.05) is 20.6 Å². The molecule has 1 aliphatic rings. The van der Waals surface area contributed by atoms with Crippen LogP contribution in [0.1, 0.15) is 19.3 Å². The van der Waals surface area contributed by atoms with E-state index in [9.17, 15) is 4.39 Å². The summed E-state index contributed by atoms with van der Waals surface area (Å²) in [5, 5.41) is 0. The summed E-state index contributed by atoms with van der Waals surface area (Å²) in [6, 6.07) is 0. The van der Waals surface area contributed by atoms with Gasteiger partial charge in [0, 0.05) is 6.54 Å². The highest BCUT2D eigenvalue weighted by atomic mass is 19.1. The van der Waals surface area contributed by atoms with E-state index in [4.69, 9.17) is 0 Å². The van der Waals surface area contributed by atoms with Crippen molar-refractivity contribution in [3.63, 3.8) is 0 Å². The maximum absolute atomic E-state index is 12.5. The third-order valence-electron chi connectivity index (χ3n) is 2.09. The topological polar surface area (TPSA) is 3.24 Å². The van der Waals surface area contributed by atoms with E-state index in [1.165, 1.54) is 0 Å². The van der Waals surface area contributed by atoms with E-state index in [0.29, 0.717) is 12.3 Å². The van der Waals surface area contributed by atoms with Gasteiger partial charge in [-0.2, -0.15) is 0 Å². The molecule has 0 amide bonds. The Labute approximate surface area is 67.9 Å². The molecule has 0 fully saturated rings. The zero-order chi connectivity index (χ0) is 8.27. The molecule has 0 aromatic heterocycles. The van der Waals surface area contributed by atoms with E-state index >= 15 is 0 Å². The van der Waals surface area contributed by atoms with E-state index in [2.05, 4.69) is 19.0 Å². The standard InChI is InChI=1S/C9H16FN/c1-11(2)7-8-3-5-9(10)6-4-8/h5,8H,3-4,6-7H2,1-2H3. The lowest BCUT2D eigenvalue weighted by Gasteiger charge is -2.22. The molecule has 11 heavy (non-hydrogen) atoms. The molecule has 0 bridgehead atoms. The van der Waals surface area contributed by atoms with Crippen LogP contribution >= 0.6 is 0 Å². The first-order chi connectivity index (χ1) is 5.18. The molecule has 1 aliphatic carbocycles. The Morgan fingerprint density at radius 1 is 1.64 bits per heavy atom. The van der Waals surface area contributed by atoms with Gasteiger partial charge in [-0.25, -0.2) is 4.39 Å². The molecule has 1 nitrogen and oxygen atoms in total. The number of hydrogen-bond acceptors (Lipinski definition) is 1. The SMILES string of the molecule is CN(C)CC1CC=C(F)CC1. The van der Waals surface area contributed by atoms with E-state index < -0.39 is 0 Å². The Balaban J connectivity index is 2.29. The van der Waals surface area contributed by atoms with Gasteiger partial charge >= 0.3 is 0 Å². The average molecular weight is 157 g/mol. The van der Waals surface area contributed by atoms with Gasteiger partial charge in [0.25, 0.3) is 0 Å². The van der Waals surface area contributed by atoms with Gasteiger partial charge < -0.3 is 4.90 Å². The summed E-state index contributed by atoms with van der Waals surface area (Å²) >= 11 is 0. The van der Waals surface area contributed by atoms with Crippen LogP contribution in [0.3, 0.4) is 0 Å². The number of rotatable bonds is 2. The predicted octanol–water partition coefficient (Wildman–Crippen LogP) is 2.20. The molecule has 0 aromatic rings. The quantitative estimate of drug-likeness (QED) is 0.594. The van der Waals surface area contributed by atoms with Crippen molar-refractivity contribution >= 4 is 0 Å². The molecule has 0 heterocycles. The van der Waals surface area contributed by atoms with E-state index in [1.807, 2.05) is 0 Å². The number of hydrogen-bond donors (Lipinski definition) is 0. The lowest BCUT2D eigenvalue weighted by molar-refractivity contribution is 0.298. The van der Waals surface area contributed by atoms with Gasteiger partial charge in [-0.05, 0) is 39.3 Å². The molecule has 1 unspecified atom stereocenters. The second-order valence-electron chi connectivity index (χ2n) is 3.55. The Bertz CT molecular complexity index is 152. The van der Waals surface area contributed by atoms with Gasteiger partial charge in [-0.15, -0.1) is 0 Å². The molecule has 0 aliphatic heterocycles. The zero-order valence-corrected chi connectivity index (χ0v) is 7.31.